The van der Waals surface area contributed by atoms with Crippen molar-refractivity contribution in [1.29, 1.82) is 0 Å². The van der Waals surface area contributed by atoms with E-state index in [0.29, 0.717) is 11.6 Å². The van der Waals surface area contributed by atoms with Crippen molar-refractivity contribution >= 4 is 11.9 Å². The standard InChI is InChI=1S/C12H14N4O4/c1-6(2)9-14-10(16-15-9)11(17)13-5-7-3-4-8(20-7)12(18)19/h3-4,6H,5H2,1-2H3,(H,13,17)(H,18,19)(H,14,15,16). The molecule has 0 aromatic carbocycles. The van der Waals surface area contributed by atoms with E-state index >= 15 is 0 Å². The van der Waals surface area contributed by atoms with Gasteiger partial charge in [0.15, 0.2) is 0 Å². The van der Waals surface area contributed by atoms with Crippen LogP contribution in [-0.2, 0) is 6.54 Å². The summed E-state index contributed by atoms with van der Waals surface area (Å²) in [5.74, 6) is -0.628. The summed E-state index contributed by atoms with van der Waals surface area (Å²) in [6, 6.07) is 2.81. The summed E-state index contributed by atoms with van der Waals surface area (Å²) in [4.78, 5) is 26.5. The Bertz CT molecular complexity index is 629. The van der Waals surface area contributed by atoms with E-state index in [0.717, 1.165) is 0 Å². The minimum Gasteiger partial charge on any atom is -0.475 e. The Hall–Kier alpha value is -2.64. The van der Waals surface area contributed by atoms with Crippen molar-refractivity contribution in [1.82, 2.24) is 20.5 Å². The van der Waals surface area contributed by atoms with Crippen molar-refractivity contribution in [3.8, 4) is 0 Å². The highest BCUT2D eigenvalue weighted by atomic mass is 16.4. The number of aromatic nitrogens is 3. The molecule has 1 amide bonds. The number of aromatic carboxylic acids is 1. The Morgan fingerprint density at radius 1 is 1.45 bits per heavy atom. The highest BCUT2D eigenvalue weighted by Crippen LogP contribution is 2.09. The fraction of sp³-hybridized carbons (Fsp3) is 0.333. The first-order valence-corrected chi connectivity index (χ1v) is 6.00. The first-order chi connectivity index (χ1) is 9.47. The monoisotopic (exact) mass is 278 g/mol. The molecule has 8 nitrogen and oxygen atoms in total. The maximum atomic E-state index is 11.8. The van der Waals surface area contributed by atoms with Crippen LogP contribution in [-0.4, -0.2) is 32.2 Å². The molecule has 0 spiro atoms. The van der Waals surface area contributed by atoms with Crippen molar-refractivity contribution in [3.05, 3.63) is 35.3 Å². The van der Waals surface area contributed by atoms with Gasteiger partial charge in [0.05, 0.1) is 6.54 Å². The quantitative estimate of drug-likeness (QED) is 0.754. The molecular formula is C12H14N4O4. The normalized spacial score (nSPS) is 10.8. The zero-order valence-corrected chi connectivity index (χ0v) is 11.0. The number of carboxylic acid groups (broad SMARTS) is 1. The first kappa shape index (κ1) is 13.8. The van der Waals surface area contributed by atoms with Crippen LogP contribution in [0, 0.1) is 0 Å². The third kappa shape index (κ3) is 3.02. The number of hydrogen-bond donors (Lipinski definition) is 3. The molecule has 0 saturated heterocycles. The highest BCUT2D eigenvalue weighted by molar-refractivity contribution is 5.90. The van der Waals surface area contributed by atoms with Gasteiger partial charge in [-0.2, -0.15) is 0 Å². The second-order valence-corrected chi connectivity index (χ2v) is 4.45. The fourth-order valence-corrected chi connectivity index (χ4v) is 1.47. The predicted molar refractivity (Wildman–Crippen MR) is 67.3 cm³/mol. The minimum atomic E-state index is -1.15. The molecule has 2 rings (SSSR count). The summed E-state index contributed by atoms with van der Waals surface area (Å²) in [5.41, 5.74) is 0. The predicted octanol–water partition coefficient (Wildman–Crippen LogP) is 1.15. The van der Waals surface area contributed by atoms with E-state index in [1.807, 2.05) is 13.8 Å². The molecule has 0 fully saturated rings. The first-order valence-electron chi connectivity index (χ1n) is 6.00. The molecule has 0 aliphatic carbocycles. The van der Waals surface area contributed by atoms with Gasteiger partial charge in [0.25, 0.3) is 5.91 Å². The summed E-state index contributed by atoms with van der Waals surface area (Å²) in [6.07, 6.45) is 0. The van der Waals surface area contributed by atoms with Crippen molar-refractivity contribution in [2.45, 2.75) is 26.3 Å². The maximum absolute atomic E-state index is 11.8. The van der Waals surface area contributed by atoms with E-state index < -0.39 is 11.9 Å². The van der Waals surface area contributed by atoms with Gasteiger partial charge in [-0.25, -0.2) is 9.78 Å². The molecular weight excluding hydrogens is 264 g/mol. The van der Waals surface area contributed by atoms with E-state index in [-0.39, 0.29) is 24.0 Å². The molecule has 20 heavy (non-hydrogen) atoms. The number of carbonyl (C=O) groups is 2. The van der Waals surface area contributed by atoms with Gasteiger partial charge in [0, 0.05) is 5.92 Å². The Labute approximate surface area is 114 Å². The fourth-order valence-electron chi connectivity index (χ4n) is 1.47. The van der Waals surface area contributed by atoms with Gasteiger partial charge in [-0.05, 0) is 12.1 Å². The van der Waals surface area contributed by atoms with Gasteiger partial charge in [-0.1, -0.05) is 13.8 Å². The zero-order valence-electron chi connectivity index (χ0n) is 11.0. The van der Waals surface area contributed by atoms with Crippen LogP contribution in [0.1, 0.15) is 52.5 Å². The SMILES string of the molecule is CC(C)c1nc(C(=O)NCc2ccc(C(=O)O)o2)n[nH]1. The third-order valence-corrected chi connectivity index (χ3v) is 2.55. The van der Waals surface area contributed by atoms with Gasteiger partial charge in [0.1, 0.15) is 11.6 Å². The van der Waals surface area contributed by atoms with E-state index in [1.165, 1.54) is 12.1 Å². The van der Waals surface area contributed by atoms with Crippen LogP contribution in [0.15, 0.2) is 16.5 Å². The van der Waals surface area contributed by atoms with Gasteiger partial charge in [-0.3, -0.25) is 9.89 Å². The number of rotatable bonds is 5. The third-order valence-electron chi connectivity index (χ3n) is 2.55. The van der Waals surface area contributed by atoms with Gasteiger partial charge in [-0.15, -0.1) is 5.10 Å². The Morgan fingerprint density at radius 2 is 2.20 bits per heavy atom. The van der Waals surface area contributed by atoms with Crippen LogP contribution in [0.3, 0.4) is 0 Å². The molecule has 3 N–H and O–H groups in total. The molecule has 0 aliphatic heterocycles. The topological polar surface area (TPSA) is 121 Å². The van der Waals surface area contributed by atoms with Crippen molar-refractivity contribution < 1.29 is 19.1 Å². The molecule has 0 saturated carbocycles. The lowest BCUT2D eigenvalue weighted by molar-refractivity contribution is 0.0660. The molecule has 106 valence electrons. The second kappa shape index (κ2) is 5.55. The number of nitrogens with zero attached hydrogens (tertiary/aromatic N) is 2. The van der Waals surface area contributed by atoms with Crippen molar-refractivity contribution in [2.24, 2.45) is 0 Å². The van der Waals surface area contributed by atoms with Crippen LogP contribution in [0.5, 0.6) is 0 Å². The lowest BCUT2D eigenvalue weighted by Gasteiger charge is -1.99. The molecule has 0 aliphatic rings. The van der Waals surface area contributed by atoms with E-state index in [1.54, 1.807) is 0 Å². The zero-order chi connectivity index (χ0) is 14.7. The lowest BCUT2D eigenvalue weighted by Crippen LogP contribution is -2.23. The summed E-state index contributed by atoms with van der Waals surface area (Å²) in [7, 11) is 0. The smallest absolute Gasteiger partial charge is 0.371 e. The molecule has 2 heterocycles. The van der Waals surface area contributed by atoms with Crippen LogP contribution < -0.4 is 5.32 Å². The summed E-state index contributed by atoms with van der Waals surface area (Å²) < 4.78 is 5.01. The number of hydrogen-bond acceptors (Lipinski definition) is 5. The van der Waals surface area contributed by atoms with E-state index in [2.05, 4.69) is 20.5 Å². The second-order valence-electron chi connectivity index (χ2n) is 4.45. The lowest BCUT2D eigenvalue weighted by atomic mass is 10.2. The van der Waals surface area contributed by atoms with Crippen LogP contribution in [0.25, 0.3) is 0 Å². The van der Waals surface area contributed by atoms with Crippen molar-refractivity contribution in [2.75, 3.05) is 0 Å². The van der Waals surface area contributed by atoms with Crippen LogP contribution >= 0.6 is 0 Å². The number of nitrogens with one attached hydrogen (secondary N) is 2. The molecule has 0 atom stereocenters. The molecule has 0 bridgehead atoms. The van der Waals surface area contributed by atoms with Crippen LogP contribution in [0.4, 0.5) is 0 Å². The number of H-pyrrole nitrogens is 1. The molecule has 2 aromatic rings. The molecule has 0 unspecified atom stereocenters. The van der Waals surface area contributed by atoms with Gasteiger partial charge >= 0.3 is 5.97 Å². The van der Waals surface area contributed by atoms with E-state index in [9.17, 15) is 9.59 Å². The van der Waals surface area contributed by atoms with Gasteiger partial charge in [0.2, 0.25) is 11.6 Å². The van der Waals surface area contributed by atoms with Crippen LogP contribution in [0.2, 0.25) is 0 Å². The van der Waals surface area contributed by atoms with E-state index in [4.69, 9.17) is 9.52 Å². The van der Waals surface area contributed by atoms with Crippen molar-refractivity contribution in [3.63, 3.8) is 0 Å². The average Bonchev–Trinajstić information content (AvgIpc) is 3.05. The number of carbonyl (C=O) groups excluding carboxylic acids is 1. The summed E-state index contributed by atoms with van der Waals surface area (Å²) in [6.45, 7) is 3.93. The Morgan fingerprint density at radius 3 is 2.75 bits per heavy atom. The molecule has 0 radical (unpaired) electrons. The number of amides is 1. The number of carboxylic acids is 1. The number of aromatic amines is 1. The Balaban J connectivity index is 1.95. The average molecular weight is 278 g/mol. The molecule has 2 aromatic heterocycles. The Kier molecular flexibility index (Phi) is 3.83. The highest BCUT2D eigenvalue weighted by Gasteiger charge is 2.15. The maximum Gasteiger partial charge on any atom is 0.371 e. The minimum absolute atomic E-state index is 0.0405. The summed E-state index contributed by atoms with van der Waals surface area (Å²) >= 11 is 0. The molecule has 8 heteroatoms. The summed E-state index contributed by atoms with van der Waals surface area (Å²) in [5, 5.41) is 17.7. The largest absolute Gasteiger partial charge is 0.475 e. The van der Waals surface area contributed by atoms with Gasteiger partial charge < -0.3 is 14.8 Å². The number of furan rings is 1.